The molecule has 0 saturated heterocycles. The van der Waals surface area contributed by atoms with Gasteiger partial charge in [0.15, 0.2) is 0 Å². The number of carbonyl (C=O) groups excluding carboxylic acids is 1. The van der Waals surface area contributed by atoms with Gasteiger partial charge in [-0.2, -0.15) is 0 Å². The maximum Gasteiger partial charge on any atom is 0.412 e. The van der Waals surface area contributed by atoms with Crippen molar-refractivity contribution in [1.29, 1.82) is 0 Å². The van der Waals surface area contributed by atoms with E-state index in [9.17, 15) is 9.18 Å². The van der Waals surface area contributed by atoms with Crippen LogP contribution in [-0.4, -0.2) is 24.3 Å². The van der Waals surface area contributed by atoms with Gasteiger partial charge in [0.1, 0.15) is 11.4 Å². The second kappa shape index (κ2) is 7.17. The molecule has 1 fully saturated rings. The summed E-state index contributed by atoms with van der Waals surface area (Å²) in [4.78, 5) is 11.8. The second-order valence-electron chi connectivity index (χ2n) is 7.00. The first-order valence-electron chi connectivity index (χ1n) is 8.04. The lowest BCUT2D eigenvalue weighted by molar-refractivity contribution is 0.0635. The molecule has 1 saturated carbocycles. The van der Waals surface area contributed by atoms with Crippen molar-refractivity contribution in [3.63, 3.8) is 0 Å². The van der Waals surface area contributed by atoms with Crippen LogP contribution >= 0.6 is 0 Å². The van der Waals surface area contributed by atoms with Gasteiger partial charge in [0, 0.05) is 11.7 Å². The van der Waals surface area contributed by atoms with Crippen molar-refractivity contribution in [2.75, 3.05) is 17.2 Å². The van der Waals surface area contributed by atoms with Crippen molar-refractivity contribution in [3.05, 3.63) is 24.0 Å². The average Bonchev–Trinajstić information content (AvgIpc) is 2.87. The number of ether oxygens (including phenoxy) is 1. The molecule has 128 valence electrons. The minimum atomic E-state index is -0.672. The second-order valence-corrected chi connectivity index (χ2v) is 7.00. The van der Waals surface area contributed by atoms with Crippen LogP contribution in [-0.2, 0) is 4.74 Å². The van der Waals surface area contributed by atoms with Crippen LogP contribution in [0.5, 0.6) is 0 Å². The molecule has 5 nitrogen and oxygen atoms in total. The molecule has 1 aromatic rings. The van der Waals surface area contributed by atoms with E-state index in [0.717, 1.165) is 24.9 Å². The van der Waals surface area contributed by atoms with Gasteiger partial charge in [-0.15, -0.1) is 0 Å². The number of hydrogen-bond donors (Lipinski definition) is 3. The topological polar surface area (TPSA) is 76.4 Å². The van der Waals surface area contributed by atoms with Gasteiger partial charge in [0.05, 0.1) is 5.69 Å². The Morgan fingerprint density at radius 3 is 2.78 bits per heavy atom. The molecule has 1 aliphatic rings. The van der Waals surface area contributed by atoms with Crippen LogP contribution in [0.3, 0.4) is 0 Å². The van der Waals surface area contributed by atoms with Gasteiger partial charge in [-0.1, -0.05) is 6.42 Å². The molecule has 1 aromatic carbocycles. The Balaban J connectivity index is 2.05. The first kappa shape index (κ1) is 17.5. The fourth-order valence-corrected chi connectivity index (χ4v) is 2.85. The maximum atomic E-state index is 13.9. The molecule has 0 heterocycles. The summed E-state index contributed by atoms with van der Waals surface area (Å²) in [6.07, 6.45) is 2.63. The van der Waals surface area contributed by atoms with E-state index in [2.05, 4.69) is 10.6 Å². The van der Waals surface area contributed by atoms with Crippen LogP contribution in [0.1, 0.15) is 40.0 Å². The number of anilines is 2. The highest BCUT2D eigenvalue weighted by Crippen LogP contribution is 2.29. The summed E-state index contributed by atoms with van der Waals surface area (Å²) in [5, 5.41) is 5.85. The highest BCUT2D eigenvalue weighted by Gasteiger charge is 2.26. The van der Waals surface area contributed by atoms with Gasteiger partial charge >= 0.3 is 6.09 Å². The summed E-state index contributed by atoms with van der Waals surface area (Å²) in [5.74, 6) is -0.0643. The van der Waals surface area contributed by atoms with Crippen molar-refractivity contribution in [2.24, 2.45) is 11.7 Å². The van der Waals surface area contributed by atoms with Crippen LogP contribution in [0.15, 0.2) is 18.2 Å². The van der Waals surface area contributed by atoms with E-state index in [4.69, 9.17) is 10.5 Å². The fourth-order valence-electron chi connectivity index (χ4n) is 2.85. The van der Waals surface area contributed by atoms with Gasteiger partial charge in [0.2, 0.25) is 0 Å². The number of halogens is 1. The number of nitrogens with two attached hydrogens (primary N) is 1. The van der Waals surface area contributed by atoms with E-state index in [0.29, 0.717) is 18.5 Å². The molecule has 0 aromatic heterocycles. The molecular formula is C17H26FN3O2. The zero-order valence-corrected chi connectivity index (χ0v) is 14.0. The highest BCUT2D eigenvalue weighted by atomic mass is 19.1. The molecule has 2 atom stereocenters. The van der Waals surface area contributed by atoms with Crippen molar-refractivity contribution < 1.29 is 13.9 Å². The van der Waals surface area contributed by atoms with E-state index in [1.165, 1.54) is 6.07 Å². The van der Waals surface area contributed by atoms with Gasteiger partial charge in [-0.3, -0.25) is 5.32 Å². The number of carbonyl (C=O) groups is 1. The summed E-state index contributed by atoms with van der Waals surface area (Å²) in [7, 11) is 0. The zero-order valence-electron chi connectivity index (χ0n) is 14.0. The first-order valence-corrected chi connectivity index (χ1v) is 8.04. The number of amides is 1. The Morgan fingerprint density at radius 1 is 1.39 bits per heavy atom. The molecule has 23 heavy (non-hydrogen) atoms. The Labute approximate surface area is 136 Å². The third-order valence-electron chi connectivity index (χ3n) is 3.92. The van der Waals surface area contributed by atoms with Crippen LogP contribution in [0.2, 0.25) is 0 Å². The monoisotopic (exact) mass is 323 g/mol. The zero-order chi connectivity index (χ0) is 17.0. The molecule has 2 rings (SSSR count). The summed E-state index contributed by atoms with van der Waals surface area (Å²) < 4.78 is 19.1. The Hall–Kier alpha value is -1.82. The van der Waals surface area contributed by atoms with E-state index in [1.54, 1.807) is 32.9 Å². The van der Waals surface area contributed by atoms with Crippen molar-refractivity contribution in [2.45, 2.75) is 51.7 Å². The average molecular weight is 323 g/mol. The molecule has 0 radical (unpaired) electrons. The fraction of sp³-hybridized carbons (Fsp3) is 0.588. The lowest BCUT2D eigenvalue weighted by Gasteiger charge is -2.22. The van der Waals surface area contributed by atoms with E-state index < -0.39 is 17.5 Å². The largest absolute Gasteiger partial charge is 0.444 e. The van der Waals surface area contributed by atoms with Crippen molar-refractivity contribution >= 4 is 17.5 Å². The first-order chi connectivity index (χ1) is 10.8. The molecule has 1 aliphatic carbocycles. The summed E-state index contributed by atoms with van der Waals surface area (Å²) in [6, 6.07) is 4.88. The molecule has 0 bridgehead atoms. The van der Waals surface area contributed by atoms with Crippen LogP contribution in [0, 0.1) is 11.7 Å². The normalized spacial score (nSPS) is 21.1. The minimum absolute atomic E-state index is 0.103. The Bertz CT molecular complexity index is 557. The number of nitrogens with one attached hydrogen (secondary N) is 2. The molecule has 2 unspecified atom stereocenters. The van der Waals surface area contributed by atoms with Crippen LogP contribution in [0.4, 0.5) is 20.6 Å². The molecule has 0 spiro atoms. The van der Waals surface area contributed by atoms with Gasteiger partial charge < -0.3 is 15.8 Å². The molecular weight excluding hydrogens is 297 g/mol. The summed E-state index contributed by atoms with van der Waals surface area (Å²) in [5.41, 5.74) is 6.02. The number of rotatable bonds is 4. The third-order valence-corrected chi connectivity index (χ3v) is 3.92. The van der Waals surface area contributed by atoms with Gasteiger partial charge in [0.25, 0.3) is 0 Å². The van der Waals surface area contributed by atoms with Crippen molar-refractivity contribution in [3.8, 4) is 0 Å². The molecule has 6 heteroatoms. The van der Waals surface area contributed by atoms with E-state index >= 15 is 0 Å². The van der Waals surface area contributed by atoms with Gasteiger partial charge in [-0.05, 0) is 64.3 Å². The van der Waals surface area contributed by atoms with Crippen molar-refractivity contribution in [1.82, 2.24) is 0 Å². The Kier molecular flexibility index (Phi) is 5.46. The molecule has 4 N–H and O–H groups in total. The number of hydrogen-bond acceptors (Lipinski definition) is 4. The van der Waals surface area contributed by atoms with Gasteiger partial charge in [-0.25, -0.2) is 9.18 Å². The van der Waals surface area contributed by atoms with Crippen LogP contribution in [0.25, 0.3) is 0 Å². The molecule has 0 aliphatic heterocycles. The summed E-state index contributed by atoms with van der Waals surface area (Å²) >= 11 is 0. The van der Waals surface area contributed by atoms with Crippen LogP contribution < -0.4 is 16.4 Å². The highest BCUT2D eigenvalue weighted by molar-refractivity contribution is 5.85. The van der Waals surface area contributed by atoms with E-state index in [1.807, 2.05) is 0 Å². The summed E-state index contributed by atoms with van der Waals surface area (Å²) in [6.45, 7) is 5.91. The lowest BCUT2D eigenvalue weighted by Crippen LogP contribution is -2.29. The standard InChI is InChI=1S/C17H26FN3O2/c1-17(2,3)23-16(22)21-15-9-12(7-8-13(15)18)20-14-6-4-5-11(14)10-19/h7-9,11,14,20H,4-6,10,19H2,1-3H3,(H,21,22). The maximum absolute atomic E-state index is 13.9. The smallest absolute Gasteiger partial charge is 0.412 e. The molecule has 1 amide bonds. The third kappa shape index (κ3) is 5.10. The quantitative estimate of drug-likeness (QED) is 0.789. The lowest BCUT2D eigenvalue weighted by atomic mass is 10.0. The number of benzene rings is 1. The predicted molar refractivity (Wildman–Crippen MR) is 90.1 cm³/mol. The predicted octanol–water partition coefficient (Wildman–Crippen LogP) is 3.71. The van der Waals surface area contributed by atoms with E-state index in [-0.39, 0.29) is 5.69 Å². The minimum Gasteiger partial charge on any atom is -0.444 e. The Morgan fingerprint density at radius 2 is 2.13 bits per heavy atom. The SMILES string of the molecule is CC(C)(C)OC(=O)Nc1cc(NC2CCCC2CN)ccc1F.